The molecule has 0 bridgehead atoms. The number of methoxy groups -OCH3 is 1. The molecule has 7 heteroatoms. The van der Waals surface area contributed by atoms with Crippen molar-refractivity contribution in [1.82, 2.24) is 15.3 Å². The summed E-state index contributed by atoms with van der Waals surface area (Å²) in [5.74, 6) is 1.53. The van der Waals surface area contributed by atoms with E-state index in [-0.39, 0.29) is 5.91 Å². The van der Waals surface area contributed by atoms with Gasteiger partial charge in [0.1, 0.15) is 23.6 Å². The van der Waals surface area contributed by atoms with Crippen LogP contribution in [0, 0.1) is 0 Å². The van der Waals surface area contributed by atoms with Crippen LogP contribution in [0.2, 0.25) is 0 Å². The van der Waals surface area contributed by atoms with E-state index in [0.717, 1.165) is 50.6 Å². The lowest BCUT2D eigenvalue weighted by Gasteiger charge is -2.36. The number of hydrogen-bond donors (Lipinski definition) is 1. The molecular formula is C20H27N5O2. The molecule has 1 aliphatic rings. The van der Waals surface area contributed by atoms with Gasteiger partial charge in [-0.1, -0.05) is 13.3 Å². The van der Waals surface area contributed by atoms with Gasteiger partial charge in [0.15, 0.2) is 0 Å². The number of nitrogens with zero attached hydrogens (tertiary/aromatic N) is 4. The van der Waals surface area contributed by atoms with E-state index >= 15 is 0 Å². The van der Waals surface area contributed by atoms with E-state index < -0.39 is 0 Å². The second-order valence-corrected chi connectivity index (χ2v) is 6.54. The number of rotatable bonds is 7. The third-order valence-electron chi connectivity index (χ3n) is 4.74. The van der Waals surface area contributed by atoms with E-state index in [0.29, 0.717) is 12.2 Å². The number of ether oxygens (including phenoxy) is 1. The van der Waals surface area contributed by atoms with E-state index in [1.165, 1.54) is 12.0 Å². The Balaban J connectivity index is 1.58. The molecule has 0 saturated carbocycles. The van der Waals surface area contributed by atoms with Gasteiger partial charge in [0.05, 0.1) is 7.11 Å². The molecule has 1 fully saturated rings. The fourth-order valence-corrected chi connectivity index (χ4v) is 3.10. The van der Waals surface area contributed by atoms with Gasteiger partial charge in [-0.2, -0.15) is 0 Å². The number of anilines is 2. The van der Waals surface area contributed by atoms with E-state index in [2.05, 4.69) is 44.1 Å². The number of carbonyl (C=O) groups is 1. The fourth-order valence-electron chi connectivity index (χ4n) is 3.10. The molecule has 0 aliphatic carbocycles. The Morgan fingerprint density at radius 1 is 1.11 bits per heavy atom. The second-order valence-electron chi connectivity index (χ2n) is 6.54. The van der Waals surface area contributed by atoms with Crippen LogP contribution in [0.25, 0.3) is 0 Å². The highest BCUT2D eigenvalue weighted by Gasteiger charge is 2.19. The summed E-state index contributed by atoms with van der Waals surface area (Å²) in [5.41, 5.74) is 1.61. The van der Waals surface area contributed by atoms with Crippen LogP contribution in [-0.4, -0.2) is 55.7 Å². The van der Waals surface area contributed by atoms with Crippen LogP contribution in [0.4, 0.5) is 11.5 Å². The quantitative estimate of drug-likeness (QED) is 0.756. The maximum atomic E-state index is 12.2. The number of benzene rings is 1. The van der Waals surface area contributed by atoms with Crippen LogP contribution in [-0.2, 0) is 0 Å². The third kappa shape index (κ3) is 4.87. The Morgan fingerprint density at radius 3 is 2.48 bits per heavy atom. The molecule has 1 amide bonds. The molecule has 27 heavy (non-hydrogen) atoms. The number of amides is 1. The monoisotopic (exact) mass is 369 g/mol. The summed E-state index contributed by atoms with van der Waals surface area (Å²) in [6, 6.07) is 9.91. The first-order valence-electron chi connectivity index (χ1n) is 9.45. The summed E-state index contributed by atoms with van der Waals surface area (Å²) < 4.78 is 5.22. The van der Waals surface area contributed by atoms with Gasteiger partial charge in [0, 0.05) is 44.5 Å². The molecular weight excluding hydrogens is 342 g/mol. The minimum atomic E-state index is -0.135. The van der Waals surface area contributed by atoms with Crippen molar-refractivity contribution in [2.45, 2.75) is 19.8 Å². The Labute approximate surface area is 160 Å². The van der Waals surface area contributed by atoms with Gasteiger partial charge in [-0.3, -0.25) is 4.79 Å². The largest absolute Gasteiger partial charge is 0.497 e. The molecule has 3 rings (SSSR count). The number of carbonyl (C=O) groups excluding carboxylic acids is 1. The summed E-state index contributed by atoms with van der Waals surface area (Å²) in [4.78, 5) is 25.2. The summed E-state index contributed by atoms with van der Waals surface area (Å²) in [6.45, 7) is 6.26. The van der Waals surface area contributed by atoms with E-state index in [1.54, 1.807) is 13.2 Å². The lowest BCUT2D eigenvalue weighted by Crippen LogP contribution is -2.47. The molecule has 7 nitrogen and oxygen atoms in total. The molecule has 0 atom stereocenters. The van der Waals surface area contributed by atoms with Gasteiger partial charge in [-0.25, -0.2) is 9.97 Å². The van der Waals surface area contributed by atoms with E-state index in [1.807, 2.05) is 12.1 Å². The minimum absolute atomic E-state index is 0.135. The van der Waals surface area contributed by atoms with Crippen molar-refractivity contribution >= 4 is 17.4 Å². The first-order valence-corrected chi connectivity index (χ1v) is 9.45. The van der Waals surface area contributed by atoms with Crippen LogP contribution in [0.1, 0.15) is 30.3 Å². The average molecular weight is 369 g/mol. The van der Waals surface area contributed by atoms with Gasteiger partial charge in [0.25, 0.3) is 5.91 Å². The van der Waals surface area contributed by atoms with Crippen molar-refractivity contribution in [3.8, 4) is 5.75 Å². The minimum Gasteiger partial charge on any atom is -0.497 e. The number of hydrogen-bond acceptors (Lipinski definition) is 6. The Bertz CT molecular complexity index is 742. The number of aromatic nitrogens is 2. The number of piperazine rings is 1. The van der Waals surface area contributed by atoms with Gasteiger partial charge in [-0.05, 0) is 30.7 Å². The average Bonchev–Trinajstić information content (AvgIpc) is 2.74. The highest BCUT2D eigenvalue weighted by Crippen LogP contribution is 2.22. The predicted molar refractivity (Wildman–Crippen MR) is 107 cm³/mol. The molecule has 2 aromatic rings. The maximum Gasteiger partial charge on any atom is 0.270 e. The summed E-state index contributed by atoms with van der Waals surface area (Å²) in [7, 11) is 1.67. The number of unbranched alkanes of at least 4 members (excludes halogenated alkanes) is 1. The fraction of sp³-hybridized carbons (Fsp3) is 0.450. The molecule has 1 aliphatic heterocycles. The van der Waals surface area contributed by atoms with Crippen molar-refractivity contribution in [3.05, 3.63) is 42.4 Å². The molecule has 0 unspecified atom stereocenters. The van der Waals surface area contributed by atoms with Crippen LogP contribution in [0.15, 0.2) is 36.7 Å². The zero-order valence-electron chi connectivity index (χ0n) is 16.0. The van der Waals surface area contributed by atoms with Crippen LogP contribution >= 0.6 is 0 Å². The molecule has 1 aromatic carbocycles. The highest BCUT2D eigenvalue weighted by atomic mass is 16.5. The predicted octanol–water partition coefficient (Wildman–Crippen LogP) is 2.34. The van der Waals surface area contributed by atoms with Gasteiger partial charge < -0.3 is 19.9 Å². The molecule has 0 spiro atoms. The Kier molecular flexibility index (Phi) is 6.46. The zero-order chi connectivity index (χ0) is 19.1. The zero-order valence-corrected chi connectivity index (χ0v) is 16.0. The van der Waals surface area contributed by atoms with Gasteiger partial charge >= 0.3 is 0 Å². The lowest BCUT2D eigenvalue weighted by molar-refractivity contribution is 0.0948. The smallest absolute Gasteiger partial charge is 0.270 e. The maximum absolute atomic E-state index is 12.2. The topological polar surface area (TPSA) is 70.6 Å². The summed E-state index contributed by atoms with van der Waals surface area (Å²) in [6.07, 6.45) is 3.49. The van der Waals surface area contributed by atoms with Crippen LogP contribution in [0.5, 0.6) is 5.75 Å². The first-order chi connectivity index (χ1) is 13.2. The van der Waals surface area contributed by atoms with Crippen molar-refractivity contribution in [3.63, 3.8) is 0 Å². The summed E-state index contributed by atoms with van der Waals surface area (Å²) in [5, 5.41) is 2.90. The molecule has 1 saturated heterocycles. The second kappa shape index (κ2) is 9.21. The molecule has 1 N–H and O–H groups in total. The van der Waals surface area contributed by atoms with Crippen LogP contribution < -0.4 is 19.9 Å². The normalized spacial score (nSPS) is 14.1. The first kappa shape index (κ1) is 18.9. The molecule has 1 aromatic heterocycles. The number of nitrogens with one attached hydrogen (secondary N) is 1. The standard InChI is InChI=1S/C20H27N5O2/c1-3-4-9-21-20(26)18-14-19(23-15-22-18)25-12-10-24(11-13-25)16-5-7-17(27-2)8-6-16/h5-8,14-15H,3-4,9-13H2,1-2H3,(H,21,26). The lowest BCUT2D eigenvalue weighted by atomic mass is 10.2. The van der Waals surface area contributed by atoms with Crippen molar-refractivity contribution in [2.24, 2.45) is 0 Å². The van der Waals surface area contributed by atoms with E-state index in [4.69, 9.17) is 4.74 Å². The Hall–Kier alpha value is -2.83. The van der Waals surface area contributed by atoms with Gasteiger partial charge in [-0.15, -0.1) is 0 Å². The van der Waals surface area contributed by atoms with Crippen molar-refractivity contribution in [2.75, 3.05) is 49.6 Å². The third-order valence-corrected chi connectivity index (χ3v) is 4.74. The van der Waals surface area contributed by atoms with Crippen molar-refractivity contribution in [1.29, 1.82) is 0 Å². The van der Waals surface area contributed by atoms with Gasteiger partial charge in [0.2, 0.25) is 0 Å². The van der Waals surface area contributed by atoms with Crippen LogP contribution in [0.3, 0.4) is 0 Å². The molecule has 2 heterocycles. The Morgan fingerprint density at radius 2 is 1.81 bits per heavy atom. The SMILES string of the molecule is CCCCNC(=O)c1cc(N2CCN(c3ccc(OC)cc3)CC2)ncn1. The molecule has 144 valence electrons. The van der Waals surface area contributed by atoms with E-state index in [9.17, 15) is 4.79 Å². The summed E-state index contributed by atoms with van der Waals surface area (Å²) >= 11 is 0. The molecule has 0 radical (unpaired) electrons. The van der Waals surface area contributed by atoms with Crippen molar-refractivity contribution < 1.29 is 9.53 Å². The highest BCUT2D eigenvalue weighted by molar-refractivity contribution is 5.92.